The van der Waals surface area contributed by atoms with Gasteiger partial charge in [0.15, 0.2) is 5.96 Å². The highest BCUT2D eigenvalue weighted by atomic mass is 127. The molecule has 0 aromatic heterocycles. The van der Waals surface area contributed by atoms with E-state index in [9.17, 15) is 0 Å². The molecule has 4 nitrogen and oxygen atoms in total. The number of rotatable bonds is 6. The monoisotopic (exact) mass is 410 g/mol. The summed E-state index contributed by atoms with van der Waals surface area (Å²) in [5.41, 5.74) is 6.10. The van der Waals surface area contributed by atoms with E-state index in [0.29, 0.717) is 17.9 Å². The van der Waals surface area contributed by atoms with Crippen molar-refractivity contribution in [3.05, 3.63) is 0 Å². The summed E-state index contributed by atoms with van der Waals surface area (Å²) in [5.74, 6) is 2.20. The maximum absolute atomic E-state index is 6.10. The topological polar surface area (TPSA) is 44.9 Å². The highest BCUT2D eigenvalue weighted by Gasteiger charge is 2.25. The van der Waals surface area contributed by atoms with Gasteiger partial charge in [-0.2, -0.15) is 0 Å². The molecule has 5 heteroatoms. The fraction of sp³-hybridized carbons (Fsp3) is 0.938. The van der Waals surface area contributed by atoms with Crippen molar-refractivity contribution in [3.8, 4) is 0 Å². The van der Waals surface area contributed by atoms with E-state index in [0.717, 1.165) is 25.6 Å². The molecule has 126 valence electrons. The van der Waals surface area contributed by atoms with Gasteiger partial charge in [-0.15, -0.1) is 24.0 Å². The Hall–Kier alpha value is -0.0400. The average Bonchev–Trinajstić information content (AvgIpc) is 2.42. The Labute approximate surface area is 148 Å². The van der Waals surface area contributed by atoms with Crippen molar-refractivity contribution in [1.82, 2.24) is 9.80 Å². The van der Waals surface area contributed by atoms with Gasteiger partial charge in [-0.05, 0) is 51.6 Å². The van der Waals surface area contributed by atoms with Crippen molar-refractivity contribution in [2.45, 2.75) is 53.5 Å². The zero-order valence-electron chi connectivity index (χ0n) is 14.5. The summed E-state index contributed by atoms with van der Waals surface area (Å²) in [6.45, 7) is 16.3. The third-order valence-corrected chi connectivity index (χ3v) is 4.58. The van der Waals surface area contributed by atoms with Gasteiger partial charge in [0.05, 0.1) is 6.54 Å². The summed E-state index contributed by atoms with van der Waals surface area (Å²) in [5, 5.41) is 0. The van der Waals surface area contributed by atoms with E-state index in [2.05, 4.69) is 49.4 Å². The predicted molar refractivity (Wildman–Crippen MR) is 103 cm³/mol. The Morgan fingerprint density at radius 2 is 1.76 bits per heavy atom. The third-order valence-electron chi connectivity index (χ3n) is 4.58. The standard InChI is InChI=1S/C16H34N4.HI/c1-6-19(7-2)16(17)18-12-15(13(3)4)20-10-8-14(5)9-11-20;/h13-15H,6-12H2,1-5H3,(H2,17,18);1H. The maximum atomic E-state index is 6.10. The Morgan fingerprint density at radius 1 is 1.24 bits per heavy atom. The molecule has 0 spiro atoms. The highest BCUT2D eigenvalue weighted by Crippen LogP contribution is 2.21. The summed E-state index contributed by atoms with van der Waals surface area (Å²) in [6.07, 6.45) is 2.64. The van der Waals surface area contributed by atoms with Crippen LogP contribution < -0.4 is 5.73 Å². The van der Waals surface area contributed by atoms with Gasteiger partial charge in [0, 0.05) is 19.1 Å². The molecule has 1 unspecified atom stereocenters. The van der Waals surface area contributed by atoms with E-state index in [4.69, 9.17) is 5.73 Å². The summed E-state index contributed by atoms with van der Waals surface area (Å²) >= 11 is 0. The first-order valence-electron chi connectivity index (χ1n) is 8.28. The molecule has 1 aliphatic heterocycles. The van der Waals surface area contributed by atoms with Gasteiger partial charge in [-0.25, -0.2) is 0 Å². The zero-order valence-corrected chi connectivity index (χ0v) is 16.8. The van der Waals surface area contributed by atoms with Crippen molar-refractivity contribution < 1.29 is 0 Å². The molecule has 21 heavy (non-hydrogen) atoms. The first kappa shape index (κ1) is 21.0. The Balaban J connectivity index is 0.00000400. The molecular weight excluding hydrogens is 375 g/mol. The van der Waals surface area contributed by atoms with E-state index in [1.807, 2.05) is 0 Å². The summed E-state index contributed by atoms with van der Waals surface area (Å²) < 4.78 is 0. The Morgan fingerprint density at radius 3 is 2.19 bits per heavy atom. The predicted octanol–water partition coefficient (Wildman–Crippen LogP) is 3.02. The molecule has 0 aliphatic carbocycles. The fourth-order valence-corrected chi connectivity index (χ4v) is 2.94. The fourth-order valence-electron chi connectivity index (χ4n) is 2.94. The first-order valence-corrected chi connectivity index (χ1v) is 8.28. The molecule has 0 radical (unpaired) electrons. The first-order chi connectivity index (χ1) is 9.49. The summed E-state index contributed by atoms with van der Waals surface area (Å²) in [4.78, 5) is 9.40. The summed E-state index contributed by atoms with van der Waals surface area (Å²) in [7, 11) is 0. The number of nitrogens with zero attached hydrogens (tertiary/aromatic N) is 3. The SMILES string of the molecule is CCN(CC)C(N)=NCC(C(C)C)N1CCC(C)CC1.I. The van der Waals surface area contributed by atoms with E-state index < -0.39 is 0 Å². The number of hydrogen-bond acceptors (Lipinski definition) is 2. The van der Waals surface area contributed by atoms with Crippen LogP contribution >= 0.6 is 24.0 Å². The van der Waals surface area contributed by atoms with Crippen LogP contribution in [0.15, 0.2) is 4.99 Å². The smallest absolute Gasteiger partial charge is 0.191 e. The highest BCUT2D eigenvalue weighted by molar-refractivity contribution is 14.0. The molecule has 0 bridgehead atoms. The van der Waals surface area contributed by atoms with Crippen molar-refractivity contribution in [2.75, 3.05) is 32.7 Å². The summed E-state index contributed by atoms with van der Waals surface area (Å²) in [6, 6.07) is 0.525. The van der Waals surface area contributed by atoms with Crippen LogP contribution in [-0.4, -0.2) is 54.5 Å². The van der Waals surface area contributed by atoms with Crippen LogP contribution in [-0.2, 0) is 0 Å². The molecule has 1 fully saturated rings. The number of likely N-dealkylation sites (tertiary alicyclic amines) is 1. The number of piperidine rings is 1. The van der Waals surface area contributed by atoms with Crippen LogP contribution in [0.2, 0.25) is 0 Å². The largest absolute Gasteiger partial charge is 0.370 e. The molecule has 1 rings (SSSR count). The van der Waals surface area contributed by atoms with E-state index in [1.165, 1.54) is 25.9 Å². The van der Waals surface area contributed by atoms with Crippen LogP contribution in [0.4, 0.5) is 0 Å². The van der Waals surface area contributed by atoms with Crippen molar-refractivity contribution in [2.24, 2.45) is 22.6 Å². The van der Waals surface area contributed by atoms with Crippen molar-refractivity contribution in [1.29, 1.82) is 0 Å². The molecule has 1 saturated heterocycles. The normalized spacial score (nSPS) is 19.4. The minimum atomic E-state index is 0. The van der Waals surface area contributed by atoms with Crippen LogP contribution in [0.3, 0.4) is 0 Å². The van der Waals surface area contributed by atoms with Crippen LogP contribution in [0, 0.1) is 11.8 Å². The zero-order chi connectivity index (χ0) is 15.1. The Bertz CT molecular complexity index is 295. The minimum absolute atomic E-state index is 0. The van der Waals surface area contributed by atoms with Gasteiger partial charge in [0.2, 0.25) is 0 Å². The maximum Gasteiger partial charge on any atom is 0.191 e. The lowest BCUT2D eigenvalue weighted by Gasteiger charge is -2.38. The van der Waals surface area contributed by atoms with Gasteiger partial charge in [-0.1, -0.05) is 20.8 Å². The van der Waals surface area contributed by atoms with Gasteiger partial charge in [-0.3, -0.25) is 9.89 Å². The van der Waals surface area contributed by atoms with Crippen LogP contribution in [0.1, 0.15) is 47.5 Å². The molecule has 1 atom stereocenters. The van der Waals surface area contributed by atoms with E-state index in [-0.39, 0.29) is 24.0 Å². The van der Waals surface area contributed by atoms with Crippen molar-refractivity contribution in [3.63, 3.8) is 0 Å². The molecule has 0 aromatic rings. The quantitative estimate of drug-likeness (QED) is 0.416. The lowest BCUT2D eigenvalue weighted by atomic mass is 9.94. The van der Waals surface area contributed by atoms with Crippen LogP contribution in [0.5, 0.6) is 0 Å². The molecule has 0 saturated carbocycles. The molecule has 1 heterocycles. The lowest BCUT2D eigenvalue weighted by molar-refractivity contribution is 0.113. The molecular formula is C16H35IN4. The molecule has 0 aromatic carbocycles. The van der Waals surface area contributed by atoms with Gasteiger partial charge >= 0.3 is 0 Å². The van der Waals surface area contributed by atoms with E-state index >= 15 is 0 Å². The second-order valence-corrected chi connectivity index (χ2v) is 6.40. The number of halogens is 1. The molecule has 1 aliphatic rings. The Kier molecular flexibility index (Phi) is 10.6. The number of guanidine groups is 1. The van der Waals surface area contributed by atoms with E-state index in [1.54, 1.807) is 0 Å². The van der Waals surface area contributed by atoms with Crippen LogP contribution in [0.25, 0.3) is 0 Å². The van der Waals surface area contributed by atoms with Gasteiger partial charge < -0.3 is 10.6 Å². The second-order valence-electron chi connectivity index (χ2n) is 6.40. The molecule has 0 amide bonds. The average molecular weight is 410 g/mol. The number of nitrogens with two attached hydrogens (primary N) is 1. The lowest BCUT2D eigenvalue weighted by Crippen LogP contribution is -2.46. The molecule has 2 N–H and O–H groups in total. The third kappa shape index (κ3) is 6.72. The van der Waals surface area contributed by atoms with Crippen molar-refractivity contribution >= 4 is 29.9 Å². The second kappa shape index (κ2) is 10.6. The number of hydrogen-bond donors (Lipinski definition) is 1. The van der Waals surface area contributed by atoms with Gasteiger partial charge in [0.1, 0.15) is 0 Å². The van der Waals surface area contributed by atoms with Gasteiger partial charge in [0.25, 0.3) is 0 Å². The minimum Gasteiger partial charge on any atom is -0.370 e. The number of aliphatic imine (C=N–C) groups is 1.